The van der Waals surface area contributed by atoms with Crippen molar-refractivity contribution in [1.29, 1.82) is 0 Å². The van der Waals surface area contributed by atoms with Crippen LogP contribution in [0.5, 0.6) is 0 Å². The Morgan fingerprint density at radius 1 is 1.62 bits per heavy atom. The first-order valence-corrected chi connectivity index (χ1v) is 6.45. The summed E-state index contributed by atoms with van der Waals surface area (Å²) in [7, 11) is 0. The Morgan fingerprint density at radius 3 is 3.00 bits per heavy atom. The maximum Gasteiger partial charge on any atom is 0.357 e. The first-order valence-electron chi connectivity index (χ1n) is 4.67. The van der Waals surface area contributed by atoms with Crippen LogP contribution in [0.25, 0.3) is 5.52 Å². The van der Waals surface area contributed by atoms with Gasteiger partial charge in [0.25, 0.3) is 0 Å². The van der Waals surface area contributed by atoms with E-state index >= 15 is 0 Å². The second kappa shape index (κ2) is 4.47. The Labute approximate surface area is 105 Å². The number of carboxylic acids is 1. The van der Waals surface area contributed by atoms with Crippen molar-refractivity contribution >= 4 is 39.2 Å². The van der Waals surface area contributed by atoms with Gasteiger partial charge in [0, 0.05) is 10.7 Å². The van der Waals surface area contributed by atoms with Gasteiger partial charge in [-0.1, -0.05) is 6.92 Å². The Hall–Kier alpha value is -1.01. The molecule has 2 rings (SSSR count). The Bertz CT molecular complexity index is 553. The number of hydrogen-bond donors (Lipinski definition) is 1. The predicted molar refractivity (Wildman–Crippen MR) is 66.2 cm³/mol. The molecule has 0 aliphatic heterocycles. The summed E-state index contributed by atoms with van der Waals surface area (Å²) in [5.74, 6) is -0.173. The van der Waals surface area contributed by atoms with Crippen molar-refractivity contribution in [3.05, 3.63) is 28.5 Å². The number of aromatic carboxylic acids is 1. The summed E-state index contributed by atoms with van der Waals surface area (Å²) in [5.41, 5.74) is 0.942. The summed E-state index contributed by atoms with van der Waals surface area (Å²) >= 11 is 4.82. The number of pyridine rings is 1. The van der Waals surface area contributed by atoms with Crippen LogP contribution in [0.1, 0.15) is 17.4 Å². The molecule has 1 N–H and O–H groups in total. The minimum absolute atomic E-state index is 0.116. The Kier molecular flexibility index (Phi) is 3.20. The summed E-state index contributed by atoms with van der Waals surface area (Å²) in [5, 5.41) is 13.1. The lowest BCUT2D eigenvalue weighted by atomic mass is 10.3. The number of fused-ring (bicyclic) bond motifs is 1. The first kappa shape index (κ1) is 11.5. The van der Waals surface area contributed by atoms with E-state index in [1.807, 2.05) is 19.1 Å². The molecule has 0 fully saturated rings. The topological polar surface area (TPSA) is 54.6 Å². The molecule has 2 aromatic heterocycles. The van der Waals surface area contributed by atoms with Gasteiger partial charge in [-0.2, -0.15) is 5.10 Å². The summed E-state index contributed by atoms with van der Waals surface area (Å²) in [6.45, 7) is 1.98. The second-order valence-electron chi connectivity index (χ2n) is 3.09. The molecule has 0 atom stereocenters. The van der Waals surface area contributed by atoms with Crippen LogP contribution < -0.4 is 0 Å². The molecule has 0 bridgehead atoms. The van der Waals surface area contributed by atoms with Gasteiger partial charge in [0.05, 0.1) is 10.4 Å². The molecule has 4 nitrogen and oxygen atoms in total. The maximum absolute atomic E-state index is 11.1. The molecule has 16 heavy (non-hydrogen) atoms. The van der Waals surface area contributed by atoms with Gasteiger partial charge in [-0.05, 0) is 33.8 Å². The van der Waals surface area contributed by atoms with Crippen LogP contribution in [0.15, 0.2) is 27.7 Å². The number of hydrogen-bond acceptors (Lipinski definition) is 3. The second-order valence-corrected chi connectivity index (χ2v) is 5.28. The minimum Gasteiger partial charge on any atom is -0.476 e. The van der Waals surface area contributed by atoms with E-state index in [0.717, 1.165) is 20.6 Å². The van der Waals surface area contributed by atoms with E-state index in [4.69, 9.17) is 5.11 Å². The van der Waals surface area contributed by atoms with Gasteiger partial charge in [-0.3, -0.25) is 0 Å². The number of halogens is 1. The van der Waals surface area contributed by atoms with E-state index in [1.54, 1.807) is 10.7 Å². The van der Waals surface area contributed by atoms with E-state index in [1.165, 1.54) is 11.8 Å². The van der Waals surface area contributed by atoms with Crippen LogP contribution in [0.2, 0.25) is 0 Å². The van der Waals surface area contributed by atoms with Gasteiger partial charge in [0.1, 0.15) is 0 Å². The standard InChI is InChI=1S/C10H9BrN2O2S/c1-2-16-9-7-4-3-6(11)5-13(7)12-8(9)10(14)15/h3-5H,2H2,1H3,(H,14,15). The van der Waals surface area contributed by atoms with E-state index in [0.29, 0.717) is 0 Å². The molecule has 2 aromatic rings. The fourth-order valence-electron chi connectivity index (χ4n) is 1.43. The maximum atomic E-state index is 11.1. The van der Waals surface area contributed by atoms with Crippen LogP contribution in [0.3, 0.4) is 0 Å². The van der Waals surface area contributed by atoms with Gasteiger partial charge in [0.15, 0.2) is 5.69 Å². The van der Waals surface area contributed by atoms with Gasteiger partial charge in [-0.25, -0.2) is 9.31 Å². The lowest BCUT2D eigenvalue weighted by molar-refractivity contribution is 0.0686. The average Bonchev–Trinajstić information content (AvgIpc) is 2.57. The van der Waals surface area contributed by atoms with Crippen LogP contribution in [-0.4, -0.2) is 26.4 Å². The Morgan fingerprint density at radius 2 is 2.38 bits per heavy atom. The summed E-state index contributed by atoms with van der Waals surface area (Å²) < 4.78 is 2.46. The predicted octanol–water partition coefficient (Wildman–Crippen LogP) is 2.91. The third-order valence-electron chi connectivity index (χ3n) is 2.04. The molecule has 0 aliphatic carbocycles. The van der Waals surface area contributed by atoms with Crippen molar-refractivity contribution in [2.24, 2.45) is 0 Å². The van der Waals surface area contributed by atoms with Gasteiger partial charge < -0.3 is 5.11 Å². The molecule has 0 aromatic carbocycles. The molecule has 0 saturated heterocycles. The fraction of sp³-hybridized carbons (Fsp3) is 0.200. The lowest BCUT2D eigenvalue weighted by Crippen LogP contribution is -1.99. The first-order chi connectivity index (χ1) is 7.63. The Balaban J connectivity index is 2.70. The van der Waals surface area contributed by atoms with Gasteiger partial charge in [-0.15, -0.1) is 11.8 Å². The molecular formula is C10H9BrN2O2S. The highest BCUT2D eigenvalue weighted by Crippen LogP contribution is 2.28. The third kappa shape index (κ3) is 1.94. The molecule has 2 heterocycles. The molecule has 0 aliphatic rings. The highest BCUT2D eigenvalue weighted by molar-refractivity contribution is 9.10. The molecular weight excluding hydrogens is 292 g/mol. The van der Waals surface area contributed by atoms with Crippen molar-refractivity contribution in [3.8, 4) is 0 Å². The van der Waals surface area contributed by atoms with Gasteiger partial charge in [0.2, 0.25) is 0 Å². The normalized spacial score (nSPS) is 10.9. The smallest absolute Gasteiger partial charge is 0.357 e. The van der Waals surface area contributed by atoms with E-state index in [9.17, 15) is 4.79 Å². The lowest BCUT2D eigenvalue weighted by Gasteiger charge is -1.97. The van der Waals surface area contributed by atoms with E-state index in [2.05, 4.69) is 21.0 Å². The van der Waals surface area contributed by atoms with Crippen molar-refractivity contribution in [2.45, 2.75) is 11.8 Å². The molecule has 0 spiro atoms. The third-order valence-corrected chi connectivity index (χ3v) is 3.49. The number of thioether (sulfide) groups is 1. The van der Waals surface area contributed by atoms with Crippen LogP contribution in [0, 0.1) is 0 Å². The summed E-state index contributed by atoms with van der Waals surface area (Å²) in [6, 6.07) is 3.74. The minimum atomic E-state index is -0.990. The van der Waals surface area contributed by atoms with Crippen LogP contribution in [-0.2, 0) is 0 Å². The molecule has 0 amide bonds. The SMILES string of the molecule is CCSc1c(C(=O)O)nn2cc(Br)ccc12. The van der Waals surface area contributed by atoms with Crippen LogP contribution >= 0.6 is 27.7 Å². The zero-order chi connectivity index (χ0) is 11.7. The van der Waals surface area contributed by atoms with Crippen molar-refractivity contribution in [2.75, 3.05) is 5.75 Å². The van der Waals surface area contributed by atoms with E-state index in [-0.39, 0.29) is 5.69 Å². The monoisotopic (exact) mass is 300 g/mol. The van der Waals surface area contributed by atoms with Crippen molar-refractivity contribution in [1.82, 2.24) is 9.61 Å². The van der Waals surface area contributed by atoms with Crippen LogP contribution in [0.4, 0.5) is 0 Å². The number of nitrogens with zero attached hydrogens (tertiary/aromatic N) is 2. The molecule has 0 saturated carbocycles. The summed E-state index contributed by atoms with van der Waals surface area (Å²) in [4.78, 5) is 11.8. The fourth-order valence-corrected chi connectivity index (χ4v) is 2.62. The average molecular weight is 301 g/mol. The van der Waals surface area contributed by atoms with Crippen molar-refractivity contribution < 1.29 is 9.90 Å². The molecule has 0 radical (unpaired) electrons. The largest absolute Gasteiger partial charge is 0.476 e. The quantitative estimate of drug-likeness (QED) is 0.886. The number of rotatable bonds is 3. The summed E-state index contributed by atoms with van der Waals surface area (Å²) in [6.07, 6.45) is 1.75. The number of aromatic nitrogens is 2. The highest BCUT2D eigenvalue weighted by atomic mass is 79.9. The highest BCUT2D eigenvalue weighted by Gasteiger charge is 2.18. The number of carboxylic acid groups (broad SMARTS) is 1. The van der Waals surface area contributed by atoms with Crippen molar-refractivity contribution in [3.63, 3.8) is 0 Å². The molecule has 0 unspecified atom stereocenters. The molecule has 6 heteroatoms. The zero-order valence-corrected chi connectivity index (χ0v) is 10.9. The zero-order valence-electron chi connectivity index (χ0n) is 8.48. The van der Waals surface area contributed by atoms with E-state index < -0.39 is 5.97 Å². The van der Waals surface area contributed by atoms with Gasteiger partial charge >= 0.3 is 5.97 Å². The molecule has 84 valence electrons. The number of carbonyl (C=O) groups is 1.